The molecule has 3 aromatic carbocycles. The number of non-ortho nitro benzene ring substituents is 1. The number of aliphatic imine (C=N–C) groups is 1. The highest BCUT2D eigenvalue weighted by molar-refractivity contribution is 8.13. The number of ether oxygens (including phenoxy) is 3. The molecule has 46 heavy (non-hydrogen) atoms. The number of amidine groups is 1. The van der Waals surface area contributed by atoms with Crippen molar-refractivity contribution in [3.63, 3.8) is 0 Å². The highest BCUT2D eigenvalue weighted by Crippen LogP contribution is 2.40. The second kappa shape index (κ2) is 16.1. The molecule has 0 radical (unpaired) electrons. The molecular weight excluding hydrogens is 608 g/mol. The molecule has 0 N–H and O–H groups in total. The van der Waals surface area contributed by atoms with E-state index in [-0.39, 0.29) is 23.0 Å². The molecule has 1 unspecified atom stereocenters. The number of hydrogen-bond donors (Lipinski definition) is 0. The van der Waals surface area contributed by atoms with Gasteiger partial charge in [0.2, 0.25) is 0 Å². The first-order valence-corrected chi connectivity index (χ1v) is 15.7. The number of nitrogens with zero attached hydrogens (tertiary/aromatic N) is 4. The summed E-state index contributed by atoms with van der Waals surface area (Å²) in [5.74, 6) is 0.480. The predicted molar refractivity (Wildman–Crippen MR) is 177 cm³/mol. The van der Waals surface area contributed by atoms with Crippen molar-refractivity contribution in [1.82, 2.24) is 9.80 Å². The minimum atomic E-state index is -1.09. The summed E-state index contributed by atoms with van der Waals surface area (Å²) in [4.78, 5) is 46.8. The average Bonchev–Trinajstić information content (AvgIpc) is 3.03. The van der Waals surface area contributed by atoms with Gasteiger partial charge >= 0.3 is 12.1 Å². The van der Waals surface area contributed by atoms with Gasteiger partial charge in [-0.25, -0.2) is 19.5 Å². The molecular formula is C34H38N4O7S. The number of allylic oxidation sites excluding steroid dienone is 1. The molecule has 1 aliphatic heterocycles. The Hall–Kier alpha value is -4.68. The molecule has 1 atom stereocenters. The zero-order chi connectivity index (χ0) is 33.2. The minimum absolute atomic E-state index is 0.0832. The lowest BCUT2D eigenvalue weighted by Crippen LogP contribution is -2.44. The Morgan fingerprint density at radius 3 is 2.41 bits per heavy atom. The number of nitro groups is 1. The molecule has 0 spiro atoms. The number of esters is 1. The molecule has 0 saturated carbocycles. The predicted octanol–water partition coefficient (Wildman–Crippen LogP) is 6.74. The van der Waals surface area contributed by atoms with Crippen molar-refractivity contribution < 1.29 is 28.7 Å². The maximum Gasteiger partial charge on any atom is 0.417 e. The van der Waals surface area contributed by atoms with Crippen LogP contribution >= 0.6 is 11.8 Å². The Morgan fingerprint density at radius 1 is 1.04 bits per heavy atom. The van der Waals surface area contributed by atoms with E-state index in [0.29, 0.717) is 35.9 Å². The third-order valence-corrected chi connectivity index (χ3v) is 8.09. The molecule has 0 bridgehead atoms. The lowest BCUT2D eigenvalue weighted by Gasteiger charge is -2.36. The molecule has 242 valence electrons. The van der Waals surface area contributed by atoms with Crippen LogP contribution in [0.15, 0.2) is 95.1 Å². The number of carbonyl (C=O) groups is 2. The molecule has 0 aromatic heterocycles. The van der Waals surface area contributed by atoms with Crippen molar-refractivity contribution in [2.45, 2.75) is 45.2 Å². The first-order valence-electron chi connectivity index (χ1n) is 14.8. The highest BCUT2D eigenvalue weighted by Gasteiger charge is 2.42. The Labute approximate surface area is 273 Å². The van der Waals surface area contributed by atoms with Crippen LogP contribution in [-0.2, 0) is 26.6 Å². The number of methoxy groups -OCH3 is 1. The van der Waals surface area contributed by atoms with Crippen molar-refractivity contribution >= 4 is 34.7 Å². The largest absolute Gasteiger partial charge is 0.497 e. The summed E-state index contributed by atoms with van der Waals surface area (Å²) in [6, 6.07) is 22.2. The number of amides is 1. The SMILES string of the molecule is COc1ccc(CSC2=NC(C)=C(C(=O)OCCN(C)Cc3ccccc3)C(c3cccc([N+](=O)[O-])c3)N2C(=O)OC(C)C)cc1. The highest BCUT2D eigenvalue weighted by atomic mass is 32.2. The standard InChI is InChI=1S/C34H38N4O7S/c1-23(2)45-34(40)37-31(27-12-9-13-28(20-27)38(41)42)30(32(39)44-19-18-36(4)21-25-10-7-6-8-11-25)24(3)35-33(37)46-22-26-14-16-29(43-5)17-15-26/h6-17,20,23,31H,18-19,21-22H2,1-5H3. The number of hydrogen-bond acceptors (Lipinski definition) is 10. The van der Waals surface area contributed by atoms with Crippen molar-refractivity contribution in [3.8, 4) is 5.75 Å². The second-order valence-electron chi connectivity index (χ2n) is 10.9. The topological polar surface area (TPSA) is 124 Å². The van der Waals surface area contributed by atoms with Crippen LogP contribution in [0.5, 0.6) is 5.75 Å². The molecule has 4 rings (SSSR count). The van der Waals surface area contributed by atoms with Crippen LogP contribution < -0.4 is 4.74 Å². The van der Waals surface area contributed by atoms with Gasteiger partial charge in [-0.15, -0.1) is 0 Å². The van der Waals surface area contributed by atoms with Gasteiger partial charge in [0, 0.05) is 31.0 Å². The zero-order valence-corrected chi connectivity index (χ0v) is 27.4. The Morgan fingerprint density at radius 2 is 1.76 bits per heavy atom. The molecule has 0 fully saturated rings. The molecule has 1 amide bonds. The van der Waals surface area contributed by atoms with Crippen molar-refractivity contribution in [3.05, 3.63) is 117 Å². The van der Waals surface area contributed by atoms with Crippen LogP contribution in [0.4, 0.5) is 10.5 Å². The number of rotatable bonds is 12. The van der Waals surface area contributed by atoms with E-state index in [4.69, 9.17) is 19.2 Å². The van der Waals surface area contributed by atoms with Crippen LogP contribution in [0.2, 0.25) is 0 Å². The van der Waals surface area contributed by atoms with Crippen LogP contribution in [0, 0.1) is 10.1 Å². The van der Waals surface area contributed by atoms with E-state index in [1.54, 1.807) is 33.9 Å². The van der Waals surface area contributed by atoms with Crippen molar-refractivity contribution in [2.24, 2.45) is 4.99 Å². The molecule has 1 aliphatic rings. The summed E-state index contributed by atoms with van der Waals surface area (Å²) in [6.07, 6.45) is -1.22. The van der Waals surface area contributed by atoms with Gasteiger partial charge in [-0.05, 0) is 56.6 Å². The molecule has 11 nitrogen and oxygen atoms in total. The van der Waals surface area contributed by atoms with Gasteiger partial charge in [-0.3, -0.25) is 15.0 Å². The fourth-order valence-electron chi connectivity index (χ4n) is 4.84. The number of benzene rings is 3. The third kappa shape index (κ3) is 8.95. The van der Waals surface area contributed by atoms with E-state index < -0.39 is 29.1 Å². The zero-order valence-electron chi connectivity index (χ0n) is 26.5. The van der Waals surface area contributed by atoms with Crippen molar-refractivity contribution in [2.75, 3.05) is 27.3 Å². The summed E-state index contributed by atoms with van der Waals surface area (Å²) in [6.45, 7) is 6.31. The van der Waals surface area contributed by atoms with Gasteiger partial charge in [-0.2, -0.15) is 0 Å². The first-order chi connectivity index (χ1) is 22.1. The van der Waals surface area contributed by atoms with Gasteiger partial charge in [0.05, 0.1) is 29.4 Å². The maximum absolute atomic E-state index is 13.8. The smallest absolute Gasteiger partial charge is 0.417 e. The summed E-state index contributed by atoms with van der Waals surface area (Å²) in [7, 11) is 3.52. The summed E-state index contributed by atoms with van der Waals surface area (Å²) in [5, 5.41) is 12.0. The van der Waals surface area contributed by atoms with E-state index in [2.05, 4.69) is 0 Å². The van der Waals surface area contributed by atoms with Gasteiger partial charge in [0.25, 0.3) is 5.69 Å². The van der Waals surface area contributed by atoms with E-state index >= 15 is 0 Å². The third-order valence-electron chi connectivity index (χ3n) is 7.07. The van der Waals surface area contributed by atoms with Crippen molar-refractivity contribution in [1.29, 1.82) is 0 Å². The molecule has 12 heteroatoms. The molecule has 1 heterocycles. The Balaban J connectivity index is 1.67. The monoisotopic (exact) mass is 646 g/mol. The van der Waals surface area contributed by atoms with E-state index in [1.165, 1.54) is 34.9 Å². The van der Waals surface area contributed by atoms with Crippen LogP contribution in [-0.4, -0.2) is 65.4 Å². The van der Waals surface area contributed by atoms with Crippen LogP contribution in [0.25, 0.3) is 0 Å². The van der Waals surface area contributed by atoms with E-state index in [1.807, 2.05) is 66.5 Å². The fourth-order valence-corrected chi connectivity index (χ4v) is 5.85. The van der Waals surface area contributed by atoms with Gasteiger partial charge < -0.3 is 14.2 Å². The quantitative estimate of drug-likeness (QED) is 0.119. The summed E-state index contributed by atoms with van der Waals surface area (Å²) < 4.78 is 16.6. The van der Waals surface area contributed by atoms with E-state index in [0.717, 1.165) is 11.1 Å². The van der Waals surface area contributed by atoms with Crippen LogP contribution in [0.1, 0.15) is 43.5 Å². The number of likely N-dealkylation sites (N-methyl/N-ethyl adjacent to an activating group) is 1. The molecule has 0 aliphatic carbocycles. The van der Waals surface area contributed by atoms with E-state index in [9.17, 15) is 19.7 Å². The van der Waals surface area contributed by atoms with Gasteiger partial charge in [-0.1, -0.05) is 66.4 Å². The number of thioether (sulfide) groups is 1. The maximum atomic E-state index is 13.8. The first kappa shape index (κ1) is 34.2. The normalized spacial score (nSPS) is 14.7. The summed E-state index contributed by atoms with van der Waals surface area (Å²) >= 11 is 1.28. The molecule has 3 aromatic rings. The fraction of sp³-hybridized carbons (Fsp3) is 0.324. The molecule has 0 saturated heterocycles. The van der Waals surface area contributed by atoms with Crippen LogP contribution in [0.3, 0.4) is 0 Å². The Bertz CT molecular complexity index is 1590. The minimum Gasteiger partial charge on any atom is -0.497 e. The summed E-state index contributed by atoms with van der Waals surface area (Å²) in [5.41, 5.74) is 2.67. The second-order valence-corrected chi connectivity index (χ2v) is 11.9. The number of carbonyl (C=O) groups excluding carboxylic acids is 2. The number of nitro benzene ring substituents is 1. The van der Waals surface area contributed by atoms with Gasteiger partial charge in [0.1, 0.15) is 18.4 Å². The lowest BCUT2D eigenvalue weighted by molar-refractivity contribution is -0.384. The average molecular weight is 647 g/mol. The Kier molecular flexibility index (Phi) is 11.9. The van der Waals surface area contributed by atoms with Gasteiger partial charge in [0.15, 0.2) is 5.17 Å². The lowest BCUT2D eigenvalue weighted by atomic mass is 9.94.